The Bertz CT molecular complexity index is 200. The van der Waals surface area contributed by atoms with Gasteiger partial charge in [-0.3, -0.25) is 4.90 Å². The summed E-state index contributed by atoms with van der Waals surface area (Å²) < 4.78 is 5.70. The van der Waals surface area contributed by atoms with Gasteiger partial charge in [-0.05, 0) is 24.7 Å². The van der Waals surface area contributed by atoms with Crippen molar-refractivity contribution in [2.75, 3.05) is 31.6 Å². The summed E-state index contributed by atoms with van der Waals surface area (Å²) in [6, 6.07) is 0. The van der Waals surface area contributed by atoms with E-state index in [-0.39, 0.29) is 0 Å². The lowest BCUT2D eigenvalue weighted by Crippen LogP contribution is -2.50. The maximum Gasteiger partial charge on any atom is 0.0700 e. The highest BCUT2D eigenvalue weighted by Crippen LogP contribution is 2.43. The number of alkyl halides is 1. The molecule has 1 saturated heterocycles. The van der Waals surface area contributed by atoms with Crippen LogP contribution in [0.1, 0.15) is 32.6 Å². The van der Waals surface area contributed by atoms with Gasteiger partial charge in [0.1, 0.15) is 0 Å². The van der Waals surface area contributed by atoms with Crippen molar-refractivity contribution in [1.82, 2.24) is 4.90 Å². The summed E-state index contributed by atoms with van der Waals surface area (Å²) >= 11 is 3.68. The fourth-order valence-electron chi connectivity index (χ4n) is 2.66. The fraction of sp³-hybridized carbons (Fsp3) is 1.00. The predicted octanol–water partition coefficient (Wildman–Crippen LogP) is 2.66. The molecule has 2 rings (SSSR count). The molecule has 0 bridgehead atoms. The Hall–Kier alpha value is 0.400. The smallest absolute Gasteiger partial charge is 0.0700 e. The number of nitrogens with zero attached hydrogens (tertiary/aromatic N) is 1. The molecule has 0 radical (unpaired) electrons. The van der Waals surface area contributed by atoms with E-state index in [1.807, 2.05) is 0 Å². The summed E-state index contributed by atoms with van der Waals surface area (Å²) in [6.45, 7) is 6.70. The van der Waals surface area contributed by atoms with E-state index in [0.29, 0.717) is 11.5 Å². The van der Waals surface area contributed by atoms with E-state index < -0.39 is 0 Å². The third-order valence-electron chi connectivity index (χ3n) is 3.93. The highest BCUT2D eigenvalue weighted by Gasteiger charge is 2.38. The summed E-state index contributed by atoms with van der Waals surface area (Å²) in [5.41, 5.74) is 0.593. The van der Waals surface area contributed by atoms with E-state index in [1.54, 1.807) is 0 Å². The van der Waals surface area contributed by atoms with Gasteiger partial charge in [0.25, 0.3) is 0 Å². The van der Waals surface area contributed by atoms with E-state index in [1.165, 1.54) is 31.1 Å². The zero-order valence-electron chi connectivity index (χ0n) is 9.67. The summed E-state index contributed by atoms with van der Waals surface area (Å²) in [6.07, 6.45) is 5.87. The third-order valence-corrected chi connectivity index (χ3v) is 5.12. The molecule has 2 aliphatic rings. The van der Waals surface area contributed by atoms with E-state index >= 15 is 0 Å². The molecule has 2 nitrogen and oxygen atoms in total. The number of ether oxygens (including phenoxy) is 1. The number of hydrogen-bond acceptors (Lipinski definition) is 2. The number of morpholine rings is 1. The van der Waals surface area contributed by atoms with E-state index in [2.05, 4.69) is 27.8 Å². The molecule has 1 atom stereocenters. The molecular weight excluding hydrogens is 254 g/mol. The highest BCUT2D eigenvalue weighted by atomic mass is 79.9. The van der Waals surface area contributed by atoms with Gasteiger partial charge in [0.05, 0.1) is 12.7 Å². The molecular formula is C12H22BrNO. The van der Waals surface area contributed by atoms with Gasteiger partial charge >= 0.3 is 0 Å². The lowest BCUT2D eigenvalue weighted by atomic mass is 9.70. The van der Waals surface area contributed by atoms with Crippen molar-refractivity contribution < 1.29 is 4.74 Å². The predicted molar refractivity (Wildman–Crippen MR) is 66.5 cm³/mol. The quantitative estimate of drug-likeness (QED) is 0.732. The van der Waals surface area contributed by atoms with Crippen LogP contribution in [0.5, 0.6) is 0 Å². The lowest BCUT2D eigenvalue weighted by Gasteiger charge is -2.46. The van der Waals surface area contributed by atoms with Gasteiger partial charge in [-0.2, -0.15) is 0 Å². The maximum atomic E-state index is 5.70. The molecule has 1 aliphatic heterocycles. The zero-order chi connectivity index (χ0) is 10.7. The Morgan fingerprint density at radius 1 is 1.47 bits per heavy atom. The SMILES string of the molecule is CCC1CN(CC2(CBr)CCC2)CCO1. The fourth-order valence-corrected chi connectivity index (χ4v) is 3.39. The molecule has 1 unspecified atom stereocenters. The average molecular weight is 276 g/mol. The molecule has 1 saturated carbocycles. The number of rotatable bonds is 4. The summed E-state index contributed by atoms with van der Waals surface area (Å²) in [5, 5.41) is 1.17. The molecule has 0 amide bonds. The Morgan fingerprint density at radius 2 is 2.27 bits per heavy atom. The van der Waals surface area contributed by atoms with Gasteiger partial charge in [-0.1, -0.05) is 29.3 Å². The maximum absolute atomic E-state index is 5.70. The van der Waals surface area contributed by atoms with Crippen LogP contribution in [0.3, 0.4) is 0 Å². The Balaban J connectivity index is 1.82. The molecule has 1 aliphatic carbocycles. The van der Waals surface area contributed by atoms with Crippen LogP contribution in [0.25, 0.3) is 0 Å². The minimum absolute atomic E-state index is 0.478. The molecule has 88 valence electrons. The van der Waals surface area contributed by atoms with Gasteiger partial charge < -0.3 is 4.74 Å². The van der Waals surface area contributed by atoms with Gasteiger partial charge in [0.2, 0.25) is 0 Å². The van der Waals surface area contributed by atoms with E-state index in [9.17, 15) is 0 Å². The largest absolute Gasteiger partial charge is 0.376 e. The summed E-state index contributed by atoms with van der Waals surface area (Å²) in [7, 11) is 0. The molecule has 15 heavy (non-hydrogen) atoms. The molecule has 0 aromatic rings. The Kier molecular flexibility index (Phi) is 4.08. The first-order valence-electron chi connectivity index (χ1n) is 6.18. The minimum Gasteiger partial charge on any atom is -0.376 e. The number of halogens is 1. The molecule has 3 heteroatoms. The van der Waals surface area contributed by atoms with Crippen LogP contribution in [-0.4, -0.2) is 42.6 Å². The van der Waals surface area contributed by atoms with Crippen LogP contribution in [-0.2, 0) is 4.74 Å². The van der Waals surface area contributed by atoms with Crippen LogP contribution in [0.2, 0.25) is 0 Å². The average Bonchev–Trinajstić information content (AvgIpc) is 2.24. The second kappa shape index (κ2) is 5.15. The third kappa shape index (κ3) is 2.75. The highest BCUT2D eigenvalue weighted by molar-refractivity contribution is 9.09. The Morgan fingerprint density at radius 3 is 2.80 bits per heavy atom. The Labute approximate surface area is 101 Å². The molecule has 1 heterocycles. The number of hydrogen-bond donors (Lipinski definition) is 0. The van der Waals surface area contributed by atoms with Crippen molar-refractivity contribution in [2.24, 2.45) is 5.41 Å². The van der Waals surface area contributed by atoms with Crippen LogP contribution in [0.15, 0.2) is 0 Å². The first-order chi connectivity index (χ1) is 7.28. The first-order valence-corrected chi connectivity index (χ1v) is 7.30. The zero-order valence-corrected chi connectivity index (χ0v) is 11.3. The first kappa shape index (κ1) is 11.9. The molecule has 0 aromatic heterocycles. The van der Waals surface area contributed by atoms with Crippen molar-refractivity contribution in [3.05, 3.63) is 0 Å². The van der Waals surface area contributed by atoms with Crippen molar-refractivity contribution in [1.29, 1.82) is 0 Å². The van der Waals surface area contributed by atoms with Crippen molar-refractivity contribution in [3.63, 3.8) is 0 Å². The van der Waals surface area contributed by atoms with Crippen molar-refractivity contribution >= 4 is 15.9 Å². The molecule has 0 aromatic carbocycles. The normalized spacial score (nSPS) is 31.2. The molecule has 2 fully saturated rings. The topological polar surface area (TPSA) is 12.5 Å². The second-order valence-electron chi connectivity index (χ2n) is 5.12. The van der Waals surface area contributed by atoms with Crippen LogP contribution in [0, 0.1) is 5.41 Å². The van der Waals surface area contributed by atoms with Gasteiger partial charge in [-0.15, -0.1) is 0 Å². The summed E-state index contributed by atoms with van der Waals surface area (Å²) in [4.78, 5) is 2.61. The van der Waals surface area contributed by atoms with Gasteiger partial charge in [0, 0.05) is 25.0 Å². The molecule has 0 spiro atoms. The lowest BCUT2D eigenvalue weighted by molar-refractivity contribution is -0.0485. The van der Waals surface area contributed by atoms with E-state index in [4.69, 9.17) is 4.74 Å². The van der Waals surface area contributed by atoms with Crippen LogP contribution >= 0.6 is 15.9 Å². The minimum atomic E-state index is 0.478. The van der Waals surface area contributed by atoms with Gasteiger partial charge in [0.15, 0.2) is 0 Å². The van der Waals surface area contributed by atoms with Crippen LogP contribution < -0.4 is 0 Å². The van der Waals surface area contributed by atoms with Crippen molar-refractivity contribution in [2.45, 2.75) is 38.7 Å². The second-order valence-corrected chi connectivity index (χ2v) is 5.68. The van der Waals surface area contributed by atoms with Crippen LogP contribution in [0.4, 0.5) is 0 Å². The monoisotopic (exact) mass is 275 g/mol. The van der Waals surface area contributed by atoms with E-state index in [0.717, 1.165) is 26.1 Å². The standard InChI is InChI=1S/C12H22BrNO/c1-2-11-8-14(6-7-15-11)10-12(9-13)4-3-5-12/h11H,2-10H2,1H3. The molecule has 0 N–H and O–H groups in total. The summed E-state index contributed by atoms with van der Waals surface area (Å²) in [5.74, 6) is 0. The van der Waals surface area contributed by atoms with Crippen molar-refractivity contribution in [3.8, 4) is 0 Å². The van der Waals surface area contributed by atoms with Gasteiger partial charge in [-0.25, -0.2) is 0 Å².